The predicted octanol–water partition coefficient (Wildman–Crippen LogP) is 1.97. The Balaban J connectivity index is 2.60. The Bertz CT molecular complexity index is 210. The molecule has 68 valence electrons. The molecule has 2 heteroatoms. The minimum absolute atomic E-state index is 0.168. The Morgan fingerprint density at radius 3 is 2.83 bits per heavy atom. The molecule has 0 bridgehead atoms. The highest BCUT2D eigenvalue weighted by Gasteiger charge is 2.33. The van der Waals surface area contributed by atoms with Gasteiger partial charge in [0.25, 0.3) is 0 Å². The van der Waals surface area contributed by atoms with Crippen LogP contribution in [0.2, 0.25) is 0 Å². The summed E-state index contributed by atoms with van der Waals surface area (Å²) in [6.45, 7) is 7.94. The Morgan fingerprint density at radius 1 is 1.75 bits per heavy atom. The summed E-state index contributed by atoms with van der Waals surface area (Å²) in [6.07, 6.45) is 5.76. The molecule has 0 aromatic rings. The fourth-order valence-electron chi connectivity index (χ4n) is 1.53. The lowest BCUT2D eigenvalue weighted by Gasteiger charge is -2.20. The van der Waals surface area contributed by atoms with Crippen LogP contribution in [-0.2, 0) is 4.74 Å². The lowest BCUT2D eigenvalue weighted by molar-refractivity contribution is 0.0220. The van der Waals surface area contributed by atoms with Crippen molar-refractivity contribution in [1.82, 2.24) is 0 Å². The molecule has 0 radical (unpaired) electrons. The topological polar surface area (TPSA) is 35.2 Å². The van der Waals surface area contributed by atoms with Crippen molar-refractivity contribution in [3.63, 3.8) is 0 Å². The first-order valence-corrected chi connectivity index (χ1v) is 4.30. The van der Waals surface area contributed by atoms with Crippen molar-refractivity contribution in [3.05, 3.63) is 24.4 Å². The molecule has 0 aromatic heterocycles. The van der Waals surface area contributed by atoms with Crippen molar-refractivity contribution < 1.29 is 4.74 Å². The highest BCUT2D eigenvalue weighted by molar-refractivity contribution is 5.09. The highest BCUT2D eigenvalue weighted by atomic mass is 16.5. The van der Waals surface area contributed by atoms with E-state index < -0.39 is 0 Å². The van der Waals surface area contributed by atoms with Crippen LogP contribution < -0.4 is 5.73 Å². The number of rotatable bonds is 2. The Kier molecular flexibility index (Phi) is 2.58. The Labute approximate surface area is 74.1 Å². The summed E-state index contributed by atoms with van der Waals surface area (Å²) in [6, 6.07) is 0. The molecule has 0 amide bonds. The largest absolute Gasteiger partial charge is 0.405 e. The zero-order chi connectivity index (χ0) is 9.19. The van der Waals surface area contributed by atoms with Gasteiger partial charge in [-0.3, -0.25) is 0 Å². The fraction of sp³-hybridized carbons (Fsp3) is 0.600. The minimum Gasteiger partial charge on any atom is -0.405 e. The maximum absolute atomic E-state index is 5.78. The molecule has 0 saturated carbocycles. The van der Waals surface area contributed by atoms with Crippen LogP contribution in [0.4, 0.5) is 0 Å². The summed E-state index contributed by atoms with van der Waals surface area (Å²) in [5.74, 6) is 0. The van der Waals surface area contributed by atoms with E-state index in [1.165, 1.54) is 0 Å². The molecule has 0 spiro atoms. The lowest BCUT2D eigenvalue weighted by atomic mass is 10.0. The Hall–Kier alpha value is -0.760. The Morgan fingerprint density at radius 2 is 2.42 bits per heavy atom. The van der Waals surface area contributed by atoms with E-state index in [0.717, 1.165) is 18.4 Å². The van der Waals surface area contributed by atoms with Gasteiger partial charge >= 0.3 is 0 Å². The second-order valence-corrected chi connectivity index (χ2v) is 3.66. The van der Waals surface area contributed by atoms with Crippen LogP contribution in [0.5, 0.6) is 0 Å². The van der Waals surface area contributed by atoms with Crippen molar-refractivity contribution in [3.8, 4) is 0 Å². The molecule has 0 aromatic carbocycles. The zero-order valence-electron chi connectivity index (χ0n) is 7.84. The molecule has 1 rings (SSSR count). The first-order valence-electron chi connectivity index (χ1n) is 4.30. The first kappa shape index (κ1) is 9.33. The van der Waals surface area contributed by atoms with E-state index in [2.05, 4.69) is 13.5 Å². The molecule has 1 saturated heterocycles. The molecule has 12 heavy (non-hydrogen) atoms. The molecule has 2 unspecified atom stereocenters. The highest BCUT2D eigenvalue weighted by Crippen LogP contribution is 2.33. The van der Waals surface area contributed by atoms with E-state index in [-0.39, 0.29) is 11.7 Å². The third kappa shape index (κ3) is 1.89. The molecule has 1 heterocycles. The average molecular weight is 167 g/mol. The van der Waals surface area contributed by atoms with Crippen LogP contribution in [-0.4, -0.2) is 11.7 Å². The van der Waals surface area contributed by atoms with Gasteiger partial charge < -0.3 is 10.5 Å². The van der Waals surface area contributed by atoms with E-state index in [0.29, 0.717) is 0 Å². The van der Waals surface area contributed by atoms with E-state index in [1.54, 1.807) is 6.20 Å². The van der Waals surface area contributed by atoms with Gasteiger partial charge in [-0.25, -0.2) is 0 Å². The van der Waals surface area contributed by atoms with Crippen molar-refractivity contribution in [2.24, 2.45) is 5.73 Å². The second-order valence-electron chi connectivity index (χ2n) is 3.66. The van der Waals surface area contributed by atoms with Gasteiger partial charge in [0.05, 0.1) is 11.7 Å². The molecule has 1 aliphatic rings. The molecule has 2 atom stereocenters. The normalized spacial score (nSPS) is 36.0. The summed E-state index contributed by atoms with van der Waals surface area (Å²) >= 11 is 0. The van der Waals surface area contributed by atoms with Gasteiger partial charge in [0.1, 0.15) is 0 Å². The van der Waals surface area contributed by atoms with Crippen LogP contribution in [0.15, 0.2) is 24.4 Å². The zero-order valence-corrected chi connectivity index (χ0v) is 7.84. The van der Waals surface area contributed by atoms with Gasteiger partial charge in [0.2, 0.25) is 0 Å². The first-order chi connectivity index (χ1) is 5.57. The van der Waals surface area contributed by atoms with Crippen molar-refractivity contribution in [2.45, 2.75) is 38.4 Å². The third-order valence-electron chi connectivity index (χ3n) is 2.31. The van der Waals surface area contributed by atoms with Gasteiger partial charge in [-0.15, -0.1) is 0 Å². The van der Waals surface area contributed by atoms with E-state index in [9.17, 15) is 0 Å². The monoisotopic (exact) mass is 167 g/mol. The molecule has 0 aliphatic carbocycles. The van der Waals surface area contributed by atoms with Crippen LogP contribution in [0, 0.1) is 0 Å². The predicted molar refractivity (Wildman–Crippen MR) is 50.7 cm³/mol. The quantitative estimate of drug-likeness (QED) is 0.638. The number of hydrogen-bond acceptors (Lipinski definition) is 2. The van der Waals surface area contributed by atoms with Crippen molar-refractivity contribution in [1.29, 1.82) is 0 Å². The van der Waals surface area contributed by atoms with Crippen molar-refractivity contribution in [2.75, 3.05) is 0 Å². The number of ether oxygens (including phenoxy) is 1. The molecule has 1 fully saturated rings. The van der Waals surface area contributed by atoms with Crippen LogP contribution in [0.1, 0.15) is 26.7 Å². The maximum Gasteiger partial charge on any atom is 0.0860 e. The van der Waals surface area contributed by atoms with Crippen LogP contribution in [0.25, 0.3) is 0 Å². The molecule has 1 aliphatic heterocycles. The van der Waals surface area contributed by atoms with Gasteiger partial charge in [0, 0.05) is 0 Å². The summed E-state index contributed by atoms with van der Waals surface area (Å²) in [5, 5.41) is 0. The number of hydrogen-bond donors (Lipinski definition) is 1. The van der Waals surface area contributed by atoms with Gasteiger partial charge in [-0.2, -0.15) is 0 Å². The number of nitrogens with two attached hydrogens (primary N) is 1. The van der Waals surface area contributed by atoms with Crippen molar-refractivity contribution >= 4 is 0 Å². The smallest absolute Gasteiger partial charge is 0.0860 e. The lowest BCUT2D eigenvalue weighted by Crippen LogP contribution is -2.22. The average Bonchev–Trinajstić information content (AvgIpc) is 2.33. The van der Waals surface area contributed by atoms with Gasteiger partial charge in [-0.05, 0) is 39.0 Å². The molecule has 2 nitrogen and oxygen atoms in total. The molecular formula is C10H17NO. The SMILES string of the molecule is C=C(C)C1CCC(C)(/C=C/N)O1. The molecule has 2 N–H and O–H groups in total. The standard InChI is InChI=1S/C10H17NO/c1-8(2)9-4-5-10(3,12-9)6-7-11/h6-7,9H,1,4-5,11H2,2-3H3/b7-6+. The summed E-state index contributed by atoms with van der Waals surface area (Å²) in [5.41, 5.74) is 6.26. The van der Waals surface area contributed by atoms with E-state index >= 15 is 0 Å². The third-order valence-corrected chi connectivity index (χ3v) is 2.31. The fourth-order valence-corrected chi connectivity index (χ4v) is 1.53. The van der Waals surface area contributed by atoms with Crippen LogP contribution in [0.3, 0.4) is 0 Å². The molecular weight excluding hydrogens is 150 g/mol. The van der Waals surface area contributed by atoms with E-state index in [1.807, 2.05) is 13.0 Å². The summed E-state index contributed by atoms with van der Waals surface area (Å²) in [4.78, 5) is 0. The second kappa shape index (κ2) is 3.31. The summed E-state index contributed by atoms with van der Waals surface area (Å²) < 4.78 is 5.78. The minimum atomic E-state index is -0.168. The van der Waals surface area contributed by atoms with Gasteiger partial charge in [-0.1, -0.05) is 12.2 Å². The van der Waals surface area contributed by atoms with Gasteiger partial charge in [0.15, 0.2) is 0 Å². The summed E-state index contributed by atoms with van der Waals surface area (Å²) in [7, 11) is 0. The maximum atomic E-state index is 5.78. The van der Waals surface area contributed by atoms with Crippen LogP contribution >= 0.6 is 0 Å². The van der Waals surface area contributed by atoms with E-state index in [4.69, 9.17) is 10.5 Å².